The average Bonchev–Trinajstić information content (AvgIpc) is 3.51. The summed E-state index contributed by atoms with van der Waals surface area (Å²) >= 11 is 2.24. The summed E-state index contributed by atoms with van der Waals surface area (Å²) in [6.07, 6.45) is 5.04. The number of nitrogens with one attached hydrogen (secondary N) is 1. The third-order valence-electron chi connectivity index (χ3n) is 5.39. The van der Waals surface area contributed by atoms with E-state index in [1.165, 1.54) is 23.8 Å². The molecule has 0 aliphatic carbocycles. The zero-order chi connectivity index (χ0) is 28.3. The molecule has 2 aliphatic rings. The number of nitrogens with two attached hydrogens (primary N) is 1. The van der Waals surface area contributed by atoms with Gasteiger partial charge in [-0.05, 0) is 19.9 Å². The second-order valence-corrected chi connectivity index (χ2v) is 10.4. The van der Waals surface area contributed by atoms with E-state index in [9.17, 15) is 19.5 Å². The number of halogens is 1. The summed E-state index contributed by atoms with van der Waals surface area (Å²) in [5, 5.41) is 28.0. The minimum absolute atomic E-state index is 0. The highest BCUT2D eigenvalue weighted by molar-refractivity contribution is 8.00. The second kappa shape index (κ2) is 13.0. The molecule has 0 unspecified atom stereocenters. The third kappa shape index (κ3) is 6.33. The first-order valence-electron chi connectivity index (χ1n) is 11.5. The number of carboxylic acid groups (broad SMARTS) is 1. The van der Waals surface area contributed by atoms with Gasteiger partial charge >= 0.3 is 11.6 Å². The highest BCUT2D eigenvalue weighted by atomic mass is 35.5. The summed E-state index contributed by atoms with van der Waals surface area (Å²) in [5.41, 5.74) is 6.60. The Balaban J connectivity index is 0.000000828. The molecule has 40 heavy (non-hydrogen) atoms. The Bertz CT molecular complexity index is 1470. The SMILES string of the molecule is CC(C)O.CO/N=C(\C(=O)N[C@@H]1C(=O)N2C(C(=O)O)=C(C[n+]3ccn4ncccc43)CS[C@H]12)c1nsc(N)n1.[Cl-]. The minimum Gasteiger partial charge on any atom is -1.00 e. The van der Waals surface area contributed by atoms with Crippen LogP contribution in [0.3, 0.4) is 0 Å². The van der Waals surface area contributed by atoms with Crippen molar-refractivity contribution in [2.45, 2.75) is 37.9 Å². The van der Waals surface area contributed by atoms with E-state index < -0.39 is 29.2 Å². The summed E-state index contributed by atoms with van der Waals surface area (Å²) < 4.78 is 7.48. The molecule has 0 spiro atoms. The maximum atomic E-state index is 13.0. The Morgan fingerprint density at radius 2 is 2.12 bits per heavy atom. The van der Waals surface area contributed by atoms with Crippen molar-refractivity contribution in [2.75, 3.05) is 18.6 Å². The number of carbonyl (C=O) groups is 3. The number of nitrogen functional groups attached to an aromatic ring is 1. The number of amides is 2. The lowest BCUT2D eigenvalue weighted by Gasteiger charge is -2.49. The molecule has 1 saturated heterocycles. The monoisotopic (exact) mass is 611 g/mol. The Morgan fingerprint density at radius 1 is 1.40 bits per heavy atom. The maximum Gasteiger partial charge on any atom is 0.352 e. The van der Waals surface area contributed by atoms with E-state index in [2.05, 4.69) is 24.9 Å². The van der Waals surface area contributed by atoms with Crippen molar-refractivity contribution in [3.8, 4) is 0 Å². The number of β-lactam (4-membered cyclic amide) rings is 1. The number of nitrogens with zero attached hydrogens (tertiary/aromatic N) is 7. The quantitative estimate of drug-likeness (QED) is 0.0884. The van der Waals surface area contributed by atoms with E-state index in [-0.39, 0.29) is 47.4 Å². The number of anilines is 1. The number of aliphatic hydroxyl groups excluding tert-OH is 1. The van der Waals surface area contributed by atoms with E-state index in [4.69, 9.17) is 15.7 Å². The normalized spacial score (nSPS) is 18.4. The van der Waals surface area contributed by atoms with Gasteiger partial charge in [0.25, 0.3) is 11.8 Å². The summed E-state index contributed by atoms with van der Waals surface area (Å²) in [6.45, 7) is 3.71. The molecule has 0 saturated carbocycles. The van der Waals surface area contributed by atoms with E-state index in [1.54, 1.807) is 43.0 Å². The van der Waals surface area contributed by atoms with Gasteiger partial charge in [-0.1, -0.05) is 10.3 Å². The number of oxime groups is 1. The van der Waals surface area contributed by atoms with Gasteiger partial charge in [-0.3, -0.25) is 14.5 Å². The van der Waals surface area contributed by atoms with Crippen LogP contribution in [0.1, 0.15) is 19.7 Å². The molecule has 0 aromatic carbocycles. The summed E-state index contributed by atoms with van der Waals surface area (Å²) in [5.74, 6) is -2.17. The smallest absolute Gasteiger partial charge is 0.352 e. The molecule has 5 heterocycles. The predicted molar refractivity (Wildman–Crippen MR) is 140 cm³/mol. The number of hydrogen-bond donors (Lipinski definition) is 4. The zero-order valence-electron chi connectivity index (χ0n) is 21.5. The molecule has 0 radical (unpaired) electrons. The second-order valence-electron chi connectivity index (χ2n) is 8.54. The van der Waals surface area contributed by atoms with E-state index in [0.717, 1.165) is 17.2 Å². The van der Waals surface area contributed by atoms with Gasteiger partial charge < -0.3 is 38.5 Å². The molecule has 5 rings (SSSR count). The summed E-state index contributed by atoms with van der Waals surface area (Å²) in [4.78, 5) is 47.8. The number of fused-ring (bicyclic) bond motifs is 2. The van der Waals surface area contributed by atoms with Gasteiger partial charge in [0.1, 0.15) is 37.0 Å². The fraction of sp³-hybridized carbons (Fsp3) is 0.364. The fourth-order valence-electron chi connectivity index (χ4n) is 3.90. The van der Waals surface area contributed by atoms with E-state index in [1.807, 2.05) is 10.6 Å². The molecule has 2 atom stereocenters. The number of aromatic nitrogens is 5. The number of thioether (sulfide) groups is 1. The third-order valence-corrected chi connectivity index (χ3v) is 7.27. The lowest BCUT2D eigenvalue weighted by atomic mass is 10.0. The van der Waals surface area contributed by atoms with E-state index >= 15 is 0 Å². The van der Waals surface area contributed by atoms with Crippen LogP contribution in [0.2, 0.25) is 0 Å². The molecule has 15 nitrogen and oxygen atoms in total. The van der Waals surface area contributed by atoms with Crippen molar-refractivity contribution in [1.29, 1.82) is 0 Å². The number of imidazole rings is 1. The van der Waals surface area contributed by atoms with Gasteiger partial charge in [0, 0.05) is 35.0 Å². The molecule has 18 heteroatoms. The number of carbonyl (C=O) groups excluding carboxylic acids is 2. The molecule has 2 aliphatic heterocycles. The first-order valence-corrected chi connectivity index (χ1v) is 13.4. The van der Waals surface area contributed by atoms with Gasteiger partial charge in [-0.2, -0.15) is 9.36 Å². The van der Waals surface area contributed by atoms with Crippen LogP contribution in [0, 0.1) is 0 Å². The van der Waals surface area contributed by atoms with Gasteiger partial charge in [0.2, 0.25) is 11.5 Å². The molecule has 0 bridgehead atoms. The van der Waals surface area contributed by atoms with Crippen molar-refractivity contribution in [3.05, 3.63) is 47.8 Å². The summed E-state index contributed by atoms with van der Waals surface area (Å²) in [7, 11) is 1.25. The molecule has 3 aromatic heterocycles. The molecular formula is C22H26ClN9O6S2. The van der Waals surface area contributed by atoms with Crippen molar-refractivity contribution >= 4 is 57.6 Å². The van der Waals surface area contributed by atoms with Crippen LogP contribution in [0.4, 0.5) is 5.13 Å². The minimum atomic E-state index is -1.21. The van der Waals surface area contributed by atoms with Crippen molar-refractivity contribution in [3.63, 3.8) is 0 Å². The van der Waals surface area contributed by atoms with E-state index in [0.29, 0.717) is 11.3 Å². The van der Waals surface area contributed by atoms with Crippen LogP contribution in [0.15, 0.2) is 47.1 Å². The number of hydrogen-bond acceptors (Lipinski definition) is 12. The van der Waals surface area contributed by atoms with Crippen LogP contribution < -0.4 is 28.0 Å². The fourth-order valence-corrected chi connectivity index (χ4v) is 5.67. The molecular weight excluding hydrogens is 586 g/mol. The number of aliphatic carboxylic acids is 1. The average molecular weight is 612 g/mol. The molecule has 3 aromatic rings. The molecule has 1 fully saturated rings. The standard InChI is InChI=1S/C19H17N9O5S2.C3H8O.ClH/c1-33-24-11(14-23-19(20)35-25-14)15(29)22-12-16(30)28-13(18(31)32)9(8-34-17(12)28)7-26-5-6-27-10(26)3-2-4-21-27;1-3(2)4;/h2-6,12,17H,7-8H2,1H3,(H3-,20,22,23,25,29,31,32);3-4H,1-2H3;1H/b24-11-;;/t12-,17-;;/m1../s1. The largest absolute Gasteiger partial charge is 1.00 e. The van der Waals surface area contributed by atoms with Crippen LogP contribution in [-0.4, -0.2) is 88.0 Å². The van der Waals surface area contributed by atoms with Gasteiger partial charge in [-0.15, -0.1) is 16.3 Å². The maximum absolute atomic E-state index is 13.0. The van der Waals surface area contributed by atoms with Crippen LogP contribution >= 0.6 is 23.3 Å². The number of aliphatic hydroxyl groups is 1. The predicted octanol–water partition coefficient (Wildman–Crippen LogP) is -3.76. The first-order chi connectivity index (χ1) is 18.6. The van der Waals surface area contributed by atoms with Gasteiger partial charge in [-0.25, -0.2) is 9.36 Å². The zero-order valence-corrected chi connectivity index (χ0v) is 23.9. The Morgan fingerprint density at radius 3 is 2.75 bits per heavy atom. The van der Waals surface area contributed by atoms with Gasteiger partial charge in [0.15, 0.2) is 11.3 Å². The highest BCUT2D eigenvalue weighted by Gasteiger charge is 2.54. The topological polar surface area (TPSA) is 202 Å². The lowest BCUT2D eigenvalue weighted by molar-refractivity contribution is -0.662. The first kappa shape index (κ1) is 30.7. The Kier molecular flexibility index (Phi) is 10.0. The van der Waals surface area contributed by atoms with Crippen LogP contribution in [-0.2, 0) is 25.8 Å². The lowest BCUT2D eigenvalue weighted by Crippen LogP contribution is -3.00. The van der Waals surface area contributed by atoms with Gasteiger partial charge in [0.05, 0.1) is 6.20 Å². The van der Waals surface area contributed by atoms with Crippen LogP contribution in [0.25, 0.3) is 5.65 Å². The van der Waals surface area contributed by atoms with Crippen molar-refractivity contribution < 1.29 is 46.4 Å². The number of rotatable bonds is 7. The highest BCUT2D eigenvalue weighted by Crippen LogP contribution is 2.40. The number of carboxylic acids is 1. The molecule has 214 valence electrons. The Hall–Kier alpha value is -3.80. The van der Waals surface area contributed by atoms with Crippen molar-refractivity contribution in [1.82, 2.24) is 29.2 Å². The van der Waals surface area contributed by atoms with Crippen molar-refractivity contribution in [2.24, 2.45) is 5.16 Å². The van der Waals surface area contributed by atoms with Crippen LogP contribution in [0.5, 0.6) is 0 Å². The molecule has 5 N–H and O–H groups in total. The molecule has 2 amide bonds. The summed E-state index contributed by atoms with van der Waals surface area (Å²) in [6, 6.07) is 2.69. The Labute approximate surface area is 242 Å².